The fourth-order valence-electron chi connectivity index (χ4n) is 2.83. The Kier molecular flexibility index (Phi) is 7.26. The molecule has 27 heavy (non-hydrogen) atoms. The molecule has 2 aromatic heterocycles. The summed E-state index contributed by atoms with van der Waals surface area (Å²) in [6, 6.07) is 0. The third-order valence-electron chi connectivity index (χ3n) is 4.30. The van der Waals surface area contributed by atoms with E-state index < -0.39 is 0 Å². The van der Waals surface area contributed by atoms with E-state index in [9.17, 15) is 9.59 Å². The molecular weight excluding hydrogens is 356 g/mol. The SMILES string of the molecule is CC(C)c1noc(C2CCN(C(=O)CCc3n[nH]c(=O)[nH]3)CC2)n1.O=CO. The second-order valence-corrected chi connectivity index (χ2v) is 6.53. The molecule has 0 aromatic carbocycles. The first kappa shape index (κ1) is 20.3. The number of nitrogens with one attached hydrogen (secondary N) is 2. The number of aromatic amines is 2. The van der Waals surface area contributed by atoms with E-state index in [4.69, 9.17) is 14.4 Å². The van der Waals surface area contributed by atoms with Gasteiger partial charge < -0.3 is 14.5 Å². The number of rotatable bonds is 5. The van der Waals surface area contributed by atoms with Crippen LogP contribution < -0.4 is 5.69 Å². The molecule has 11 heteroatoms. The van der Waals surface area contributed by atoms with Gasteiger partial charge in [-0.15, -0.1) is 0 Å². The number of aryl methyl sites for hydroxylation is 1. The van der Waals surface area contributed by atoms with Crippen molar-refractivity contribution in [3.05, 3.63) is 28.0 Å². The minimum atomic E-state index is -0.349. The summed E-state index contributed by atoms with van der Waals surface area (Å²) in [6.07, 6.45) is 2.41. The first-order valence-electron chi connectivity index (χ1n) is 8.77. The Morgan fingerprint density at radius 3 is 2.59 bits per heavy atom. The summed E-state index contributed by atoms with van der Waals surface area (Å²) in [5.74, 6) is 2.46. The van der Waals surface area contributed by atoms with Gasteiger partial charge in [0.25, 0.3) is 6.47 Å². The molecule has 0 spiro atoms. The maximum absolute atomic E-state index is 12.3. The summed E-state index contributed by atoms with van der Waals surface area (Å²) in [7, 11) is 0. The first-order valence-corrected chi connectivity index (χ1v) is 8.77. The van der Waals surface area contributed by atoms with Gasteiger partial charge in [0.1, 0.15) is 5.82 Å². The average molecular weight is 380 g/mol. The normalized spacial score (nSPS) is 14.7. The molecule has 0 radical (unpaired) electrons. The molecule has 148 valence electrons. The van der Waals surface area contributed by atoms with Crippen LogP contribution in [0.2, 0.25) is 0 Å². The molecule has 2 aromatic rings. The maximum atomic E-state index is 12.3. The molecule has 3 heterocycles. The summed E-state index contributed by atoms with van der Waals surface area (Å²) >= 11 is 0. The number of aromatic nitrogens is 5. The highest BCUT2D eigenvalue weighted by Crippen LogP contribution is 2.28. The van der Waals surface area contributed by atoms with E-state index in [1.807, 2.05) is 18.7 Å². The third kappa shape index (κ3) is 5.76. The van der Waals surface area contributed by atoms with Crippen LogP contribution >= 0.6 is 0 Å². The van der Waals surface area contributed by atoms with Crippen LogP contribution in [0.1, 0.15) is 62.5 Å². The molecule has 0 unspecified atom stereocenters. The number of H-pyrrole nitrogens is 2. The van der Waals surface area contributed by atoms with Crippen LogP contribution in [0.3, 0.4) is 0 Å². The van der Waals surface area contributed by atoms with Gasteiger partial charge in [-0.05, 0) is 12.8 Å². The van der Waals surface area contributed by atoms with Crippen LogP contribution in [0.5, 0.6) is 0 Å². The van der Waals surface area contributed by atoms with Crippen molar-refractivity contribution >= 4 is 12.4 Å². The van der Waals surface area contributed by atoms with Gasteiger partial charge in [-0.25, -0.2) is 9.89 Å². The molecule has 0 bridgehead atoms. The molecule has 1 fully saturated rings. The smallest absolute Gasteiger partial charge is 0.340 e. The number of hydrogen-bond donors (Lipinski definition) is 3. The highest BCUT2D eigenvalue weighted by Gasteiger charge is 2.27. The average Bonchev–Trinajstić information content (AvgIpc) is 3.30. The molecule has 3 N–H and O–H groups in total. The van der Waals surface area contributed by atoms with Crippen molar-refractivity contribution in [2.75, 3.05) is 13.1 Å². The van der Waals surface area contributed by atoms with E-state index in [0.29, 0.717) is 37.6 Å². The van der Waals surface area contributed by atoms with E-state index in [1.165, 1.54) is 0 Å². The van der Waals surface area contributed by atoms with Crippen LogP contribution in [-0.4, -0.2) is 60.8 Å². The van der Waals surface area contributed by atoms with Crippen LogP contribution in [0, 0.1) is 0 Å². The number of piperidine rings is 1. The zero-order valence-electron chi connectivity index (χ0n) is 15.3. The minimum absolute atomic E-state index is 0.0747. The van der Waals surface area contributed by atoms with E-state index in [2.05, 4.69) is 25.3 Å². The summed E-state index contributed by atoms with van der Waals surface area (Å²) in [5, 5.41) is 17.0. The second-order valence-electron chi connectivity index (χ2n) is 6.53. The second kappa shape index (κ2) is 9.64. The van der Waals surface area contributed by atoms with E-state index in [-0.39, 0.29) is 29.9 Å². The van der Waals surface area contributed by atoms with Gasteiger partial charge in [0.05, 0.1) is 0 Å². The van der Waals surface area contributed by atoms with Crippen LogP contribution in [-0.2, 0) is 16.0 Å². The van der Waals surface area contributed by atoms with Crippen molar-refractivity contribution in [2.24, 2.45) is 0 Å². The minimum Gasteiger partial charge on any atom is -0.483 e. The third-order valence-corrected chi connectivity index (χ3v) is 4.30. The van der Waals surface area contributed by atoms with Crippen molar-refractivity contribution in [1.29, 1.82) is 0 Å². The zero-order valence-corrected chi connectivity index (χ0v) is 15.3. The molecule has 11 nitrogen and oxygen atoms in total. The maximum Gasteiger partial charge on any atom is 0.340 e. The van der Waals surface area contributed by atoms with Gasteiger partial charge in [-0.3, -0.25) is 14.6 Å². The standard InChI is InChI=1S/C15H22N6O3.CH2O2/c1-9(2)13-17-14(24-20-13)10-5-7-21(8-6-10)12(22)4-3-11-16-15(23)19-18-11;2-1-3/h9-10H,3-8H2,1-2H3,(H2,16,18,19,23);1H,(H,2,3). The predicted octanol–water partition coefficient (Wildman–Crippen LogP) is 0.644. The fraction of sp³-hybridized carbons (Fsp3) is 0.625. The van der Waals surface area contributed by atoms with Gasteiger partial charge in [0.15, 0.2) is 5.82 Å². The summed E-state index contributed by atoms with van der Waals surface area (Å²) in [6.45, 7) is 5.17. The van der Waals surface area contributed by atoms with Gasteiger partial charge in [0.2, 0.25) is 11.8 Å². The lowest BCUT2D eigenvalue weighted by molar-refractivity contribution is -0.132. The van der Waals surface area contributed by atoms with Crippen molar-refractivity contribution in [3.63, 3.8) is 0 Å². The molecule has 0 saturated carbocycles. The van der Waals surface area contributed by atoms with Crippen LogP contribution in [0.4, 0.5) is 0 Å². The van der Waals surface area contributed by atoms with Gasteiger partial charge >= 0.3 is 5.69 Å². The highest BCUT2D eigenvalue weighted by molar-refractivity contribution is 5.76. The lowest BCUT2D eigenvalue weighted by Gasteiger charge is -2.30. The van der Waals surface area contributed by atoms with E-state index in [0.717, 1.165) is 18.7 Å². The number of carbonyl (C=O) groups excluding carboxylic acids is 1. The number of carboxylic acid groups (broad SMARTS) is 1. The quantitative estimate of drug-likeness (QED) is 0.638. The summed E-state index contributed by atoms with van der Waals surface area (Å²) in [5.41, 5.74) is -0.349. The molecule has 1 aliphatic rings. The van der Waals surface area contributed by atoms with Crippen LogP contribution in [0.25, 0.3) is 0 Å². The Morgan fingerprint density at radius 1 is 1.41 bits per heavy atom. The van der Waals surface area contributed by atoms with E-state index >= 15 is 0 Å². The highest BCUT2D eigenvalue weighted by atomic mass is 16.5. The summed E-state index contributed by atoms with van der Waals surface area (Å²) < 4.78 is 5.36. The summed E-state index contributed by atoms with van der Waals surface area (Å²) in [4.78, 5) is 40.4. The first-order chi connectivity index (χ1) is 12.9. The Morgan fingerprint density at radius 2 is 2.07 bits per heavy atom. The van der Waals surface area contributed by atoms with Crippen molar-refractivity contribution < 1.29 is 19.2 Å². The zero-order chi connectivity index (χ0) is 19.8. The molecule has 1 saturated heterocycles. The fourth-order valence-corrected chi connectivity index (χ4v) is 2.83. The molecule has 0 atom stereocenters. The number of nitrogens with zero attached hydrogens (tertiary/aromatic N) is 4. The number of amides is 1. The Balaban J connectivity index is 0.000000817. The number of hydrogen-bond acceptors (Lipinski definition) is 7. The van der Waals surface area contributed by atoms with Crippen LogP contribution in [0.15, 0.2) is 9.32 Å². The van der Waals surface area contributed by atoms with Gasteiger partial charge in [0, 0.05) is 37.8 Å². The lowest BCUT2D eigenvalue weighted by atomic mass is 9.96. The predicted molar refractivity (Wildman–Crippen MR) is 93.2 cm³/mol. The Labute approximate surface area is 155 Å². The molecular formula is C16H24N6O5. The monoisotopic (exact) mass is 380 g/mol. The van der Waals surface area contributed by atoms with E-state index in [1.54, 1.807) is 0 Å². The molecule has 1 aliphatic heterocycles. The largest absolute Gasteiger partial charge is 0.483 e. The Hall–Kier alpha value is -2.98. The molecule has 1 amide bonds. The number of carbonyl (C=O) groups is 2. The van der Waals surface area contributed by atoms with Crippen molar-refractivity contribution in [2.45, 2.75) is 51.4 Å². The lowest BCUT2D eigenvalue weighted by Crippen LogP contribution is -2.38. The Bertz CT molecular complexity index is 787. The van der Waals surface area contributed by atoms with Gasteiger partial charge in [-0.2, -0.15) is 10.1 Å². The molecule has 0 aliphatic carbocycles. The van der Waals surface area contributed by atoms with Crippen molar-refractivity contribution in [1.82, 2.24) is 30.2 Å². The van der Waals surface area contributed by atoms with Crippen molar-refractivity contribution in [3.8, 4) is 0 Å². The molecule has 3 rings (SSSR count). The van der Waals surface area contributed by atoms with Gasteiger partial charge in [-0.1, -0.05) is 19.0 Å². The topological polar surface area (TPSA) is 158 Å². The number of likely N-dealkylation sites (tertiary alicyclic amines) is 1.